The van der Waals surface area contributed by atoms with Gasteiger partial charge in [-0.2, -0.15) is 0 Å². The van der Waals surface area contributed by atoms with E-state index in [1.807, 2.05) is 0 Å². The van der Waals surface area contributed by atoms with Gasteiger partial charge in [0, 0.05) is 18.6 Å². The van der Waals surface area contributed by atoms with Crippen molar-refractivity contribution in [3.05, 3.63) is 0 Å². The second-order valence-electron chi connectivity index (χ2n) is 8.25. The average Bonchev–Trinajstić information content (AvgIpc) is 2.97. The summed E-state index contributed by atoms with van der Waals surface area (Å²) in [6, 6.07) is 1.64. The first-order valence-corrected chi connectivity index (χ1v) is 9.53. The molecule has 0 spiro atoms. The number of nitrogens with one attached hydrogen (secondary N) is 1. The van der Waals surface area contributed by atoms with Gasteiger partial charge < -0.3 is 10.2 Å². The quantitative estimate of drug-likeness (QED) is 0.746. The molecule has 2 aliphatic carbocycles. The van der Waals surface area contributed by atoms with Gasteiger partial charge >= 0.3 is 0 Å². The van der Waals surface area contributed by atoms with E-state index in [-0.39, 0.29) is 0 Å². The van der Waals surface area contributed by atoms with Crippen LogP contribution >= 0.6 is 0 Å². The van der Waals surface area contributed by atoms with Crippen LogP contribution in [0.1, 0.15) is 79.1 Å². The topological polar surface area (TPSA) is 15.3 Å². The standard InChI is InChI=1S/C19H38N2/c1-5-13-20-18-11-12-19(3,4)14-16(18)15-21(6-2)17-9-7-8-10-17/h16-18,20H,5-15H2,1-4H3. The molecule has 2 aliphatic rings. The zero-order chi connectivity index (χ0) is 15.3. The highest BCUT2D eigenvalue weighted by Crippen LogP contribution is 2.39. The normalized spacial score (nSPS) is 30.1. The van der Waals surface area contributed by atoms with Crippen molar-refractivity contribution < 1.29 is 0 Å². The Morgan fingerprint density at radius 1 is 1.10 bits per heavy atom. The number of nitrogens with zero attached hydrogens (tertiary/aromatic N) is 1. The van der Waals surface area contributed by atoms with Crippen molar-refractivity contribution in [2.45, 2.75) is 91.1 Å². The average molecular weight is 295 g/mol. The van der Waals surface area contributed by atoms with Crippen molar-refractivity contribution in [3.8, 4) is 0 Å². The molecule has 2 atom stereocenters. The maximum Gasteiger partial charge on any atom is 0.0108 e. The third kappa shape index (κ3) is 4.96. The first kappa shape index (κ1) is 17.3. The summed E-state index contributed by atoms with van der Waals surface area (Å²) in [4.78, 5) is 2.81. The monoisotopic (exact) mass is 294 g/mol. The van der Waals surface area contributed by atoms with Crippen LogP contribution in [0.3, 0.4) is 0 Å². The molecule has 2 fully saturated rings. The van der Waals surface area contributed by atoms with Crippen LogP contribution in [0.15, 0.2) is 0 Å². The van der Waals surface area contributed by atoms with Gasteiger partial charge in [-0.1, -0.05) is 40.5 Å². The molecule has 2 rings (SSSR count). The molecule has 0 aromatic rings. The Hall–Kier alpha value is -0.0800. The Morgan fingerprint density at radius 2 is 1.81 bits per heavy atom. The van der Waals surface area contributed by atoms with Crippen LogP contribution in [0.2, 0.25) is 0 Å². The van der Waals surface area contributed by atoms with E-state index in [9.17, 15) is 0 Å². The summed E-state index contributed by atoms with van der Waals surface area (Å²) in [6.45, 7) is 13.3. The molecule has 124 valence electrons. The molecule has 21 heavy (non-hydrogen) atoms. The van der Waals surface area contributed by atoms with Crippen molar-refractivity contribution in [1.29, 1.82) is 0 Å². The Morgan fingerprint density at radius 3 is 2.43 bits per heavy atom. The lowest BCUT2D eigenvalue weighted by Crippen LogP contribution is -2.49. The summed E-state index contributed by atoms with van der Waals surface area (Å²) in [5.41, 5.74) is 0.546. The maximum atomic E-state index is 3.85. The highest BCUT2D eigenvalue weighted by atomic mass is 15.2. The molecule has 2 heteroatoms. The predicted octanol–water partition coefficient (Wildman–Crippen LogP) is 4.45. The minimum Gasteiger partial charge on any atom is -0.314 e. The van der Waals surface area contributed by atoms with Crippen molar-refractivity contribution in [3.63, 3.8) is 0 Å². The molecular weight excluding hydrogens is 256 g/mol. The van der Waals surface area contributed by atoms with Crippen molar-refractivity contribution in [2.24, 2.45) is 11.3 Å². The van der Waals surface area contributed by atoms with E-state index in [4.69, 9.17) is 0 Å². The molecule has 0 aromatic carbocycles. The van der Waals surface area contributed by atoms with Crippen molar-refractivity contribution in [1.82, 2.24) is 10.2 Å². The molecule has 2 unspecified atom stereocenters. The molecule has 0 aromatic heterocycles. The highest BCUT2D eigenvalue weighted by Gasteiger charge is 2.36. The Kier molecular flexibility index (Phi) is 6.55. The van der Waals surface area contributed by atoms with E-state index in [0.717, 1.165) is 18.0 Å². The zero-order valence-corrected chi connectivity index (χ0v) is 15.0. The summed E-state index contributed by atoms with van der Waals surface area (Å²) in [7, 11) is 0. The fraction of sp³-hybridized carbons (Fsp3) is 1.00. The van der Waals surface area contributed by atoms with Gasteiger partial charge in [-0.15, -0.1) is 0 Å². The summed E-state index contributed by atoms with van der Waals surface area (Å²) < 4.78 is 0. The van der Waals surface area contributed by atoms with Crippen LogP contribution in [0.5, 0.6) is 0 Å². The molecule has 0 bridgehead atoms. The molecule has 0 aliphatic heterocycles. The summed E-state index contributed by atoms with van der Waals surface area (Å²) in [6.07, 6.45) is 11.2. The number of hydrogen-bond donors (Lipinski definition) is 1. The second kappa shape index (κ2) is 7.97. The van der Waals surface area contributed by atoms with Gasteiger partial charge in [0.25, 0.3) is 0 Å². The van der Waals surface area contributed by atoms with Gasteiger partial charge in [0.05, 0.1) is 0 Å². The van der Waals surface area contributed by atoms with E-state index >= 15 is 0 Å². The van der Waals surface area contributed by atoms with Crippen LogP contribution in [0.4, 0.5) is 0 Å². The summed E-state index contributed by atoms with van der Waals surface area (Å²) >= 11 is 0. The fourth-order valence-corrected chi connectivity index (χ4v) is 4.63. The van der Waals surface area contributed by atoms with Crippen LogP contribution in [0.25, 0.3) is 0 Å². The molecular formula is C19H38N2. The van der Waals surface area contributed by atoms with Gasteiger partial charge in [0.2, 0.25) is 0 Å². The van der Waals surface area contributed by atoms with E-state index in [1.54, 1.807) is 0 Å². The van der Waals surface area contributed by atoms with Crippen LogP contribution in [-0.4, -0.2) is 36.6 Å². The van der Waals surface area contributed by atoms with Crippen LogP contribution < -0.4 is 5.32 Å². The third-order valence-electron chi connectivity index (χ3n) is 5.89. The highest BCUT2D eigenvalue weighted by molar-refractivity contribution is 4.91. The van der Waals surface area contributed by atoms with E-state index in [2.05, 4.69) is 37.9 Å². The molecule has 0 amide bonds. The molecule has 2 nitrogen and oxygen atoms in total. The smallest absolute Gasteiger partial charge is 0.0108 e. The van der Waals surface area contributed by atoms with Crippen LogP contribution in [-0.2, 0) is 0 Å². The van der Waals surface area contributed by atoms with Gasteiger partial charge in [0.1, 0.15) is 0 Å². The zero-order valence-electron chi connectivity index (χ0n) is 15.0. The van der Waals surface area contributed by atoms with Gasteiger partial charge in [0.15, 0.2) is 0 Å². The SMILES string of the molecule is CCCNC1CCC(C)(C)CC1CN(CC)C1CCCC1. The van der Waals surface area contributed by atoms with E-state index < -0.39 is 0 Å². The number of hydrogen-bond acceptors (Lipinski definition) is 2. The lowest BCUT2D eigenvalue weighted by Gasteiger charge is -2.44. The third-order valence-corrected chi connectivity index (χ3v) is 5.89. The first-order valence-electron chi connectivity index (χ1n) is 9.53. The Labute approximate surface area is 133 Å². The largest absolute Gasteiger partial charge is 0.314 e. The van der Waals surface area contributed by atoms with Gasteiger partial charge in [-0.25, -0.2) is 0 Å². The minimum atomic E-state index is 0.546. The van der Waals surface area contributed by atoms with Gasteiger partial charge in [-0.3, -0.25) is 0 Å². The molecule has 0 heterocycles. The Bertz CT molecular complexity index is 294. The van der Waals surface area contributed by atoms with Crippen molar-refractivity contribution >= 4 is 0 Å². The number of rotatable bonds is 7. The van der Waals surface area contributed by atoms with Crippen LogP contribution in [0, 0.1) is 11.3 Å². The van der Waals surface area contributed by atoms with Gasteiger partial charge in [-0.05, 0) is 62.9 Å². The second-order valence-corrected chi connectivity index (χ2v) is 8.25. The molecule has 1 N–H and O–H groups in total. The lowest BCUT2D eigenvalue weighted by molar-refractivity contribution is 0.0845. The molecule has 0 radical (unpaired) electrons. The summed E-state index contributed by atoms with van der Waals surface area (Å²) in [5.74, 6) is 0.848. The predicted molar refractivity (Wildman–Crippen MR) is 92.7 cm³/mol. The molecule has 2 saturated carbocycles. The maximum absolute atomic E-state index is 3.85. The molecule has 0 saturated heterocycles. The lowest BCUT2D eigenvalue weighted by atomic mass is 9.69. The fourth-order valence-electron chi connectivity index (χ4n) is 4.63. The summed E-state index contributed by atoms with van der Waals surface area (Å²) in [5, 5.41) is 3.85. The minimum absolute atomic E-state index is 0.546. The van der Waals surface area contributed by atoms with E-state index in [1.165, 1.54) is 71.0 Å². The van der Waals surface area contributed by atoms with E-state index in [0.29, 0.717) is 5.41 Å². The van der Waals surface area contributed by atoms with Crippen molar-refractivity contribution in [2.75, 3.05) is 19.6 Å². The first-order chi connectivity index (χ1) is 10.1. The Balaban J connectivity index is 1.96.